The fraction of sp³-hybridized carbons (Fsp3) is 0.379. The second-order valence-electron chi connectivity index (χ2n) is 9.52. The van der Waals surface area contributed by atoms with Crippen molar-refractivity contribution < 1.29 is 8.78 Å². The summed E-state index contributed by atoms with van der Waals surface area (Å²) in [5, 5.41) is 8.61. The van der Waals surface area contributed by atoms with E-state index in [1.165, 1.54) is 23.8 Å². The van der Waals surface area contributed by atoms with Gasteiger partial charge in [-0.05, 0) is 79.4 Å². The molecule has 0 unspecified atom stereocenters. The zero-order valence-electron chi connectivity index (χ0n) is 20.0. The van der Waals surface area contributed by atoms with Gasteiger partial charge >= 0.3 is 0 Å². The van der Waals surface area contributed by atoms with Crippen LogP contribution in [0, 0.1) is 11.6 Å². The van der Waals surface area contributed by atoms with Crippen LogP contribution in [0.25, 0.3) is 0 Å². The Bertz CT molecular complexity index is 1130. The molecule has 3 aromatic rings. The van der Waals surface area contributed by atoms with Crippen molar-refractivity contribution in [2.75, 3.05) is 31.1 Å². The molecule has 2 aliphatic rings. The van der Waals surface area contributed by atoms with Crippen molar-refractivity contribution in [1.82, 2.24) is 4.90 Å². The van der Waals surface area contributed by atoms with Gasteiger partial charge in [-0.2, -0.15) is 10.2 Å². The molecule has 1 saturated heterocycles. The largest absolute Gasteiger partial charge is 0.337 e. The first-order valence-electron chi connectivity index (χ1n) is 12.6. The number of likely N-dealkylation sites (tertiary alicyclic amines) is 1. The van der Waals surface area contributed by atoms with Gasteiger partial charge in [0, 0.05) is 36.4 Å². The summed E-state index contributed by atoms with van der Waals surface area (Å²) in [6.07, 6.45) is 4.31. The lowest BCUT2D eigenvalue weighted by molar-refractivity contribution is 0.193. The number of fused-ring (bicyclic) bond motifs is 3. The monoisotopic (exact) mass is 474 g/mol. The Morgan fingerprint density at radius 1 is 0.829 bits per heavy atom. The lowest BCUT2D eigenvalue weighted by atomic mass is 9.89. The first-order valence-corrected chi connectivity index (χ1v) is 12.6. The lowest BCUT2D eigenvalue weighted by Gasteiger charge is -2.39. The highest BCUT2D eigenvalue weighted by molar-refractivity contribution is 5.73. The van der Waals surface area contributed by atoms with Crippen LogP contribution in [0.4, 0.5) is 20.2 Å². The summed E-state index contributed by atoms with van der Waals surface area (Å²) in [6.45, 7) is 4.41. The molecule has 4 nitrogen and oxygen atoms in total. The summed E-state index contributed by atoms with van der Waals surface area (Å²) >= 11 is 0. The summed E-state index contributed by atoms with van der Waals surface area (Å²) in [5.74, 6) is -0.176. The summed E-state index contributed by atoms with van der Waals surface area (Å²) in [7, 11) is 0. The molecule has 5 rings (SSSR count). The number of rotatable bonds is 9. The van der Waals surface area contributed by atoms with Gasteiger partial charge in [0.15, 0.2) is 0 Å². The van der Waals surface area contributed by atoms with E-state index in [9.17, 15) is 8.78 Å². The van der Waals surface area contributed by atoms with Crippen molar-refractivity contribution >= 4 is 11.4 Å². The minimum Gasteiger partial charge on any atom is -0.337 e. The van der Waals surface area contributed by atoms with Gasteiger partial charge in [0.25, 0.3) is 0 Å². The van der Waals surface area contributed by atoms with Crippen molar-refractivity contribution in [3.63, 3.8) is 0 Å². The van der Waals surface area contributed by atoms with Gasteiger partial charge in [0.1, 0.15) is 11.6 Å². The molecule has 0 N–H and O–H groups in total. The highest BCUT2D eigenvalue weighted by Crippen LogP contribution is 2.48. The molecule has 35 heavy (non-hydrogen) atoms. The van der Waals surface area contributed by atoms with E-state index in [0.717, 1.165) is 68.8 Å². The zero-order chi connectivity index (χ0) is 24.0. The van der Waals surface area contributed by atoms with Crippen LogP contribution >= 0.6 is 0 Å². The molecule has 182 valence electrons. The highest BCUT2D eigenvalue weighted by atomic mass is 19.1. The van der Waals surface area contributed by atoms with Crippen LogP contribution in [-0.4, -0.2) is 37.1 Å². The van der Waals surface area contributed by atoms with Gasteiger partial charge in [-0.3, -0.25) is 0 Å². The van der Waals surface area contributed by atoms with E-state index < -0.39 is 0 Å². The van der Waals surface area contributed by atoms with Crippen molar-refractivity contribution in [3.05, 3.63) is 95.6 Å². The standard InChI is InChI=1S/C29H32F2N4/c30-23-9-12-25(13-10-23)35-28-14-11-24(31)19-26(28)27-21-34(18-15-29(27)35)17-6-2-5-16-32-33-20-22-7-3-1-4-8-22/h1,3-4,7-14,19,27,29H,2,5-6,15-18,20-21H2/t27-,29+/m0/s1. The van der Waals surface area contributed by atoms with Crippen molar-refractivity contribution in [3.8, 4) is 0 Å². The van der Waals surface area contributed by atoms with Gasteiger partial charge in [-0.25, -0.2) is 8.78 Å². The first-order chi connectivity index (χ1) is 17.2. The maximum atomic E-state index is 14.2. The summed E-state index contributed by atoms with van der Waals surface area (Å²) in [4.78, 5) is 4.80. The highest BCUT2D eigenvalue weighted by Gasteiger charge is 2.42. The Hall–Kier alpha value is -3.12. The van der Waals surface area contributed by atoms with E-state index in [1.54, 1.807) is 6.07 Å². The van der Waals surface area contributed by atoms with E-state index in [1.807, 2.05) is 36.4 Å². The normalized spacial score (nSPS) is 19.8. The molecule has 0 amide bonds. The van der Waals surface area contributed by atoms with Crippen LogP contribution in [0.15, 0.2) is 83.0 Å². The van der Waals surface area contributed by atoms with E-state index in [0.29, 0.717) is 6.54 Å². The van der Waals surface area contributed by atoms with Crippen LogP contribution in [0.5, 0.6) is 0 Å². The molecule has 0 bridgehead atoms. The van der Waals surface area contributed by atoms with Crippen LogP contribution in [0.1, 0.15) is 42.7 Å². The third kappa shape index (κ3) is 5.59. The molecule has 2 heterocycles. The molecule has 0 radical (unpaired) electrons. The van der Waals surface area contributed by atoms with Gasteiger partial charge in [0.2, 0.25) is 0 Å². The second-order valence-corrected chi connectivity index (χ2v) is 9.52. The molecule has 3 aromatic carbocycles. The number of anilines is 2. The Balaban J connectivity index is 1.13. The number of hydrogen-bond donors (Lipinski definition) is 0. The van der Waals surface area contributed by atoms with E-state index in [2.05, 4.69) is 32.2 Å². The van der Waals surface area contributed by atoms with E-state index >= 15 is 0 Å². The Morgan fingerprint density at radius 2 is 1.63 bits per heavy atom. The molecule has 0 saturated carbocycles. The van der Waals surface area contributed by atoms with Crippen LogP contribution < -0.4 is 4.90 Å². The number of halogens is 2. The molecule has 0 aliphatic carbocycles. The smallest absolute Gasteiger partial charge is 0.123 e. The average Bonchev–Trinajstić information content (AvgIpc) is 3.19. The fourth-order valence-corrected chi connectivity index (χ4v) is 5.46. The quantitative estimate of drug-likeness (QED) is 0.245. The van der Waals surface area contributed by atoms with Gasteiger partial charge in [0.05, 0.1) is 13.1 Å². The van der Waals surface area contributed by atoms with Crippen LogP contribution in [0.2, 0.25) is 0 Å². The maximum absolute atomic E-state index is 14.2. The van der Waals surface area contributed by atoms with Crippen LogP contribution in [-0.2, 0) is 6.54 Å². The second kappa shape index (κ2) is 11.1. The van der Waals surface area contributed by atoms with Crippen molar-refractivity contribution in [2.45, 2.75) is 44.2 Å². The maximum Gasteiger partial charge on any atom is 0.123 e. The van der Waals surface area contributed by atoms with Crippen molar-refractivity contribution in [1.29, 1.82) is 0 Å². The summed E-state index contributed by atoms with van der Waals surface area (Å²) in [5.41, 5.74) is 4.28. The predicted molar refractivity (Wildman–Crippen MR) is 136 cm³/mol. The molecule has 6 heteroatoms. The average molecular weight is 475 g/mol. The third-order valence-electron chi connectivity index (χ3n) is 7.17. The molecular weight excluding hydrogens is 442 g/mol. The first kappa shape index (κ1) is 23.6. The Labute approximate surface area is 206 Å². The van der Waals surface area contributed by atoms with Crippen molar-refractivity contribution in [2.24, 2.45) is 10.2 Å². The minimum absolute atomic E-state index is 0.193. The molecule has 0 spiro atoms. The van der Waals surface area contributed by atoms with Gasteiger partial charge in [-0.15, -0.1) is 0 Å². The van der Waals surface area contributed by atoms with E-state index in [4.69, 9.17) is 0 Å². The molecule has 2 aliphatic heterocycles. The molecule has 1 fully saturated rings. The Kier molecular flexibility index (Phi) is 7.48. The van der Waals surface area contributed by atoms with Gasteiger partial charge < -0.3 is 9.80 Å². The van der Waals surface area contributed by atoms with Crippen LogP contribution in [0.3, 0.4) is 0 Å². The number of piperidine rings is 1. The number of benzene rings is 3. The summed E-state index contributed by atoms with van der Waals surface area (Å²) < 4.78 is 27.7. The number of nitrogens with zero attached hydrogens (tertiary/aromatic N) is 4. The minimum atomic E-state index is -0.240. The number of unbranched alkanes of at least 4 members (excludes halogenated alkanes) is 2. The molecular formula is C29H32F2N4. The summed E-state index contributed by atoms with van der Waals surface area (Å²) in [6, 6.07) is 22.2. The SMILES string of the molecule is Fc1ccc(N2c3ccc(F)cc3[C@@H]3CN(CCCCCN=NCc4ccccc4)CC[C@H]32)cc1. The predicted octanol–water partition coefficient (Wildman–Crippen LogP) is 7.10. The lowest BCUT2D eigenvalue weighted by Crippen LogP contribution is -2.45. The molecule has 0 aromatic heterocycles. The fourth-order valence-electron chi connectivity index (χ4n) is 5.46. The Morgan fingerprint density at radius 3 is 2.46 bits per heavy atom. The number of hydrogen-bond acceptors (Lipinski definition) is 4. The third-order valence-corrected chi connectivity index (χ3v) is 7.17. The van der Waals surface area contributed by atoms with E-state index in [-0.39, 0.29) is 23.6 Å². The van der Waals surface area contributed by atoms with Gasteiger partial charge in [-0.1, -0.05) is 36.8 Å². The number of azo groups is 1. The molecule has 2 atom stereocenters. The zero-order valence-corrected chi connectivity index (χ0v) is 20.0. The topological polar surface area (TPSA) is 31.2 Å².